The lowest BCUT2D eigenvalue weighted by atomic mass is 10.1. The molecule has 0 saturated carbocycles. The number of sulfonamides is 1. The van der Waals surface area contributed by atoms with Crippen LogP contribution in [0.4, 0.5) is 10.1 Å². The van der Waals surface area contributed by atoms with E-state index in [1.54, 1.807) is 6.92 Å². The summed E-state index contributed by atoms with van der Waals surface area (Å²) < 4.78 is 40.6. The largest absolute Gasteiger partial charge is 0.484 e. The van der Waals surface area contributed by atoms with Gasteiger partial charge in [-0.1, -0.05) is 13.0 Å². The zero-order valence-corrected chi connectivity index (χ0v) is 11.6. The van der Waals surface area contributed by atoms with Gasteiger partial charge in [0.2, 0.25) is 15.8 Å². The Morgan fingerprint density at radius 3 is 2.65 bits per heavy atom. The Bertz CT molecular complexity index is 590. The molecule has 1 aromatic carbocycles. The highest BCUT2D eigenvalue weighted by Crippen LogP contribution is 2.30. The Hall–Kier alpha value is -1.74. The fourth-order valence-corrected chi connectivity index (χ4v) is 2.59. The predicted molar refractivity (Wildman–Crippen MR) is 70.3 cm³/mol. The molecule has 9 heteroatoms. The van der Waals surface area contributed by atoms with Gasteiger partial charge in [0, 0.05) is 12.0 Å². The highest BCUT2D eigenvalue weighted by atomic mass is 32.2. The van der Waals surface area contributed by atoms with Crippen LogP contribution in [0.1, 0.15) is 13.3 Å². The van der Waals surface area contributed by atoms with Crippen LogP contribution >= 0.6 is 0 Å². The molecule has 0 fully saturated rings. The molecular weight excluding hydrogens is 291 g/mol. The fraction of sp³-hybridized carbons (Fsp3) is 0.455. The van der Waals surface area contributed by atoms with E-state index in [0.717, 1.165) is 12.1 Å². The third-order valence-corrected chi connectivity index (χ3v) is 3.59. The number of nitrogens with zero attached hydrogens (tertiary/aromatic N) is 1. The first kappa shape index (κ1) is 16.3. The topological polar surface area (TPSA) is 113 Å². The molecule has 0 aliphatic carbocycles. The molecule has 1 atom stereocenters. The molecule has 1 aromatic rings. The Labute approximate surface area is 115 Å². The first-order chi connectivity index (χ1) is 9.24. The molecule has 0 aromatic heterocycles. The molecular formula is C11H15FN2O5S. The maximum Gasteiger partial charge on any atom is 0.314 e. The maximum absolute atomic E-state index is 13.5. The second-order valence-electron chi connectivity index (χ2n) is 4.26. The molecule has 0 aliphatic rings. The van der Waals surface area contributed by atoms with Crippen LogP contribution in [0.2, 0.25) is 0 Å². The van der Waals surface area contributed by atoms with E-state index in [4.69, 9.17) is 9.88 Å². The van der Waals surface area contributed by atoms with Gasteiger partial charge >= 0.3 is 5.69 Å². The van der Waals surface area contributed by atoms with Crippen LogP contribution in [-0.4, -0.2) is 25.7 Å². The molecule has 0 radical (unpaired) electrons. The fourth-order valence-electron chi connectivity index (χ4n) is 1.60. The van der Waals surface area contributed by atoms with Crippen LogP contribution in [0.15, 0.2) is 18.2 Å². The maximum atomic E-state index is 13.5. The second-order valence-corrected chi connectivity index (χ2v) is 5.92. The summed E-state index contributed by atoms with van der Waals surface area (Å²) in [5, 5.41) is 15.7. The average Bonchev–Trinajstić information content (AvgIpc) is 2.33. The number of primary sulfonamides is 1. The lowest BCUT2D eigenvalue weighted by Crippen LogP contribution is -2.26. The summed E-state index contributed by atoms with van der Waals surface area (Å²) >= 11 is 0. The molecule has 1 unspecified atom stereocenters. The number of rotatable bonds is 7. The number of nitro groups is 1. The molecule has 0 amide bonds. The molecule has 1 rings (SSSR count). The number of hydrogen-bond acceptors (Lipinski definition) is 5. The summed E-state index contributed by atoms with van der Waals surface area (Å²) in [6.07, 6.45) is 0.429. The summed E-state index contributed by atoms with van der Waals surface area (Å²) in [5.74, 6) is -2.16. The molecule has 0 heterocycles. The van der Waals surface area contributed by atoms with Crippen molar-refractivity contribution in [3.63, 3.8) is 0 Å². The monoisotopic (exact) mass is 306 g/mol. The van der Waals surface area contributed by atoms with Gasteiger partial charge in [0.15, 0.2) is 5.82 Å². The molecule has 0 bridgehead atoms. The van der Waals surface area contributed by atoms with Crippen LogP contribution in [0.3, 0.4) is 0 Å². The van der Waals surface area contributed by atoms with Gasteiger partial charge < -0.3 is 4.74 Å². The number of para-hydroxylation sites is 1. The number of halogens is 1. The van der Waals surface area contributed by atoms with E-state index < -0.39 is 38.1 Å². The summed E-state index contributed by atoms with van der Waals surface area (Å²) in [7, 11) is -3.68. The first-order valence-corrected chi connectivity index (χ1v) is 7.52. The van der Waals surface area contributed by atoms with E-state index in [2.05, 4.69) is 0 Å². The van der Waals surface area contributed by atoms with Crippen molar-refractivity contribution < 1.29 is 22.5 Å². The van der Waals surface area contributed by atoms with Crippen molar-refractivity contribution >= 4 is 15.7 Å². The van der Waals surface area contributed by atoms with Gasteiger partial charge in [-0.15, -0.1) is 0 Å². The van der Waals surface area contributed by atoms with E-state index in [9.17, 15) is 22.9 Å². The van der Waals surface area contributed by atoms with Crippen molar-refractivity contribution in [1.29, 1.82) is 0 Å². The smallest absolute Gasteiger partial charge is 0.314 e. The Balaban J connectivity index is 2.86. The van der Waals surface area contributed by atoms with E-state index in [1.165, 1.54) is 6.07 Å². The standard InChI is InChI=1S/C11H15FN2O5S/c1-2-8(7-20(13,17)18)6-19-11-9(12)4-3-5-10(11)14(15)16/h3-5,8H,2,6-7H2,1H3,(H2,13,17,18). The van der Waals surface area contributed by atoms with Crippen molar-refractivity contribution in [2.45, 2.75) is 13.3 Å². The van der Waals surface area contributed by atoms with Gasteiger partial charge in [0.1, 0.15) is 0 Å². The lowest BCUT2D eigenvalue weighted by molar-refractivity contribution is -0.386. The van der Waals surface area contributed by atoms with Gasteiger partial charge in [-0.3, -0.25) is 10.1 Å². The van der Waals surface area contributed by atoms with E-state index in [1.807, 2.05) is 0 Å². The molecule has 0 saturated heterocycles. The molecule has 0 spiro atoms. The number of benzene rings is 1. The van der Waals surface area contributed by atoms with Crippen LogP contribution in [0.25, 0.3) is 0 Å². The highest BCUT2D eigenvalue weighted by Gasteiger charge is 2.22. The van der Waals surface area contributed by atoms with E-state index >= 15 is 0 Å². The van der Waals surface area contributed by atoms with Crippen LogP contribution in [0, 0.1) is 21.8 Å². The van der Waals surface area contributed by atoms with E-state index in [0.29, 0.717) is 6.42 Å². The molecule has 7 nitrogen and oxygen atoms in total. The van der Waals surface area contributed by atoms with Gasteiger partial charge in [-0.05, 0) is 12.5 Å². The van der Waals surface area contributed by atoms with Gasteiger partial charge in [-0.2, -0.15) is 0 Å². The zero-order valence-electron chi connectivity index (χ0n) is 10.8. The SMILES string of the molecule is CCC(COc1c(F)cccc1[N+](=O)[O-])CS(N)(=O)=O. The van der Waals surface area contributed by atoms with Crippen molar-refractivity contribution in [3.8, 4) is 5.75 Å². The predicted octanol–water partition coefficient (Wildman–Crippen LogP) is 1.43. The molecule has 0 aliphatic heterocycles. The third kappa shape index (κ3) is 4.74. The van der Waals surface area contributed by atoms with Crippen molar-refractivity contribution in [2.75, 3.05) is 12.4 Å². The van der Waals surface area contributed by atoms with Crippen molar-refractivity contribution in [3.05, 3.63) is 34.1 Å². The van der Waals surface area contributed by atoms with Crippen LogP contribution < -0.4 is 9.88 Å². The second kappa shape index (κ2) is 6.62. The summed E-state index contributed by atoms with van der Waals surface area (Å²) in [4.78, 5) is 10.00. The van der Waals surface area contributed by atoms with Crippen LogP contribution in [-0.2, 0) is 10.0 Å². The minimum atomic E-state index is -3.68. The Kier molecular flexibility index (Phi) is 5.40. The highest BCUT2D eigenvalue weighted by molar-refractivity contribution is 7.89. The normalized spacial score (nSPS) is 12.9. The van der Waals surface area contributed by atoms with Gasteiger partial charge in [0.05, 0.1) is 17.3 Å². The zero-order chi connectivity index (χ0) is 15.3. The Morgan fingerprint density at radius 2 is 2.15 bits per heavy atom. The van der Waals surface area contributed by atoms with Crippen LogP contribution in [0.5, 0.6) is 5.75 Å². The summed E-state index contributed by atoms with van der Waals surface area (Å²) in [6, 6.07) is 3.34. The van der Waals surface area contributed by atoms with Gasteiger partial charge in [0.25, 0.3) is 0 Å². The Morgan fingerprint density at radius 1 is 1.50 bits per heavy atom. The number of nitrogens with two attached hydrogens (primary N) is 1. The minimum absolute atomic E-state index is 0.172. The molecule has 2 N–H and O–H groups in total. The number of nitro benzene ring substituents is 1. The number of ether oxygens (including phenoxy) is 1. The summed E-state index contributed by atoms with van der Waals surface area (Å²) in [6.45, 7) is 1.55. The average molecular weight is 306 g/mol. The molecule has 112 valence electrons. The minimum Gasteiger partial charge on any atom is -0.484 e. The van der Waals surface area contributed by atoms with Crippen molar-refractivity contribution in [1.82, 2.24) is 0 Å². The summed E-state index contributed by atoms with van der Waals surface area (Å²) in [5.41, 5.74) is -0.504. The number of hydrogen-bond donors (Lipinski definition) is 1. The van der Waals surface area contributed by atoms with E-state index in [-0.39, 0.29) is 12.4 Å². The first-order valence-electron chi connectivity index (χ1n) is 5.80. The quantitative estimate of drug-likeness (QED) is 0.604. The molecule has 20 heavy (non-hydrogen) atoms. The third-order valence-electron chi connectivity index (χ3n) is 2.65. The van der Waals surface area contributed by atoms with Crippen molar-refractivity contribution in [2.24, 2.45) is 11.1 Å². The van der Waals surface area contributed by atoms with Gasteiger partial charge in [-0.25, -0.2) is 17.9 Å². The lowest BCUT2D eigenvalue weighted by Gasteiger charge is -2.15.